The second-order valence-corrected chi connectivity index (χ2v) is 5.89. The Balaban J connectivity index is 1.54. The van der Waals surface area contributed by atoms with Crippen LogP contribution in [0.3, 0.4) is 0 Å². The number of carbonyl (C=O) groups is 1. The van der Waals surface area contributed by atoms with E-state index >= 15 is 0 Å². The molecule has 114 valence electrons. The van der Waals surface area contributed by atoms with E-state index in [1.165, 1.54) is 0 Å². The Kier molecular flexibility index (Phi) is 4.12. The topological polar surface area (TPSA) is 53.0 Å². The molecule has 3 rings (SSSR count). The highest BCUT2D eigenvalue weighted by Gasteiger charge is 2.22. The van der Waals surface area contributed by atoms with Crippen molar-refractivity contribution >= 4 is 5.91 Å². The molecule has 1 aliphatic carbocycles. The number of rotatable bonds is 3. The summed E-state index contributed by atoms with van der Waals surface area (Å²) in [7, 11) is 2.07. The zero-order valence-electron chi connectivity index (χ0n) is 12.4. The predicted octanol–water partition coefficient (Wildman–Crippen LogP) is 0.819. The minimum Gasteiger partial charge on any atom is -0.484 e. The van der Waals surface area contributed by atoms with Gasteiger partial charge in [0.2, 0.25) is 0 Å². The number of aryl methyl sites for hydroxylation is 1. The number of aliphatic hydroxyl groups is 1. The first-order chi connectivity index (χ1) is 10.1. The molecule has 1 aromatic carbocycles. The lowest BCUT2D eigenvalue weighted by molar-refractivity contribution is -0.134. The fraction of sp³-hybridized carbons (Fsp3) is 0.562. The van der Waals surface area contributed by atoms with Gasteiger partial charge in [0.1, 0.15) is 5.75 Å². The van der Waals surface area contributed by atoms with Crippen LogP contribution in [0.15, 0.2) is 18.2 Å². The van der Waals surface area contributed by atoms with Crippen molar-refractivity contribution in [1.82, 2.24) is 9.80 Å². The van der Waals surface area contributed by atoms with Gasteiger partial charge < -0.3 is 19.6 Å². The summed E-state index contributed by atoms with van der Waals surface area (Å²) in [5.74, 6) is 0.758. The standard InChI is InChI=1S/C16H22N2O3/c1-17-6-8-18(9-7-17)16(20)11-21-13-3-4-14-12(10-13)2-5-15(14)19/h3-4,10,15,19H,2,5-9,11H2,1H3/t15-/m1/s1. The second kappa shape index (κ2) is 6.03. The maximum absolute atomic E-state index is 12.1. The molecule has 1 atom stereocenters. The third-order valence-electron chi connectivity index (χ3n) is 4.38. The third-order valence-corrected chi connectivity index (χ3v) is 4.38. The summed E-state index contributed by atoms with van der Waals surface area (Å²) in [6.07, 6.45) is 1.31. The number of hydrogen-bond donors (Lipinski definition) is 1. The van der Waals surface area contributed by atoms with Gasteiger partial charge in [0.15, 0.2) is 6.61 Å². The van der Waals surface area contributed by atoms with E-state index in [1.54, 1.807) is 0 Å². The van der Waals surface area contributed by atoms with Gasteiger partial charge in [-0.15, -0.1) is 0 Å². The van der Waals surface area contributed by atoms with E-state index in [9.17, 15) is 9.90 Å². The molecule has 1 heterocycles. The van der Waals surface area contributed by atoms with E-state index < -0.39 is 0 Å². The summed E-state index contributed by atoms with van der Waals surface area (Å²) in [4.78, 5) is 16.2. The van der Waals surface area contributed by atoms with Crippen LogP contribution in [0, 0.1) is 0 Å². The van der Waals surface area contributed by atoms with E-state index in [1.807, 2.05) is 23.1 Å². The lowest BCUT2D eigenvalue weighted by Crippen LogP contribution is -2.48. The Morgan fingerprint density at radius 1 is 1.33 bits per heavy atom. The van der Waals surface area contributed by atoms with Crippen molar-refractivity contribution in [3.8, 4) is 5.75 Å². The van der Waals surface area contributed by atoms with Gasteiger partial charge in [-0.1, -0.05) is 6.07 Å². The van der Waals surface area contributed by atoms with Crippen molar-refractivity contribution in [2.75, 3.05) is 39.8 Å². The smallest absolute Gasteiger partial charge is 0.260 e. The van der Waals surface area contributed by atoms with Gasteiger partial charge in [-0.3, -0.25) is 4.79 Å². The Morgan fingerprint density at radius 3 is 2.86 bits per heavy atom. The number of ether oxygens (including phenoxy) is 1. The summed E-state index contributed by atoms with van der Waals surface area (Å²) in [5.41, 5.74) is 2.12. The molecule has 1 saturated heterocycles. The van der Waals surface area contributed by atoms with Crippen LogP contribution in [0.5, 0.6) is 5.75 Å². The van der Waals surface area contributed by atoms with Crippen molar-refractivity contribution in [3.05, 3.63) is 29.3 Å². The first-order valence-corrected chi connectivity index (χ1v) is 7.53. The first-order valence-electron chi connectivity index (χ1n) is 7.53. The minimum atomic E-state index is -0.346. The van der Waals surface area contributed by atoms with Crippen molar-refractivity contribution in [1.29, 1.82) is 0 Å². The highest BCUT2D eigenvalue weighted by atomic mass is 16.5. The molecule has 0 unspecified atom stereocenters. The number of carbonyl (C=O) groups excluding carboxylic acids is 1. The van der Waals surface area contributed by atoms with Gasteiger partial charge in [-0.2, -0.15) is 0 Å². The van der Waals surface area contributed by atoms with Crippen molar-refractivity contribution in [2.24, 2.45) is 0 Å². The van der Waals surface area contributed by atoms with Crippen LogP contribution in [0.4, 0.5) is 0 Å². The van der Waals surface area contributed by atoms with E-state index in [4.69, 9.17) is 4.74 Å². The minimum absolute atomic E-state index is 0.0450. The van der Waals surface area contributed by atoms with E-state index in [0.717, 1.165) is 50.1 Å². The number of aliphatic hydroxyl groups excluding tert-OH is 1. The van der Waals surface area contributed by atoms with Gasteiger partial charge in [0.05, 0.1) is 6.10 Å². The maximum atomic E-state index is 12.1. The van der Waals surface area contributed by atoms with Crippen LogP contribution in [0.1, 0.15) is 23.7 Å². The molecular weight excluding hydrogens is 268 g/mol. The highest BCUT2D eigenvalue weighted by Crippen LogP contribution is 2.33. The van der Waals surface area contributed by atoms with Crippen LogP contribution in [0.2, 0.25) is 0 Å². The maximum Gasteiger partial charge on any atom is 0.260 e. The third kappa shape index (κ3) is 3.19. The van der Waals surface area contributed by atoms with Crippen molar-refractivity contribution in [2.45, 2.75) is 18.9 Å². The molecule has 1 amide bonds. The molecular formula is C16H22N2O3. The Labute approximate surface area is 125 Å². The summed E-state index contributed by atoms with van der Waals surface area (Å²) in [5, 5.41) is 9.78. The second-order valence-electron chi connectivity index (χ2n) is 5.89. The molecule has 1 N–H and O–H groups in total. The number of piperazine rings is 1. The SMILES string of the molecule is CN1CCN(C(=O)COc2ccc3c(c2)CC[C@H]3O)CC1. The molecule has 0 spiro atoms. The van der Waals surface area contributed by atoms with E-state index in [-0.39, 0.29) is 18.6 Å². The number of hydrogen-bond acceptors (Lipinski definition) is 4. The van der Waals surface area contributed by atoms with Crippen LogP contribution < -0.4 is 4.74 Å². The number of nitrogens with zero attached hydrogens (tertiary/aromatic N) is 2. The summed E-state index contributed by atoms with van der Waals surface area (Å²) in [6.45, 7) is 3.47. The monoisotopic (exact) mass is 290 g/mol. The quantitative estimate of drug-likeness (QED) is 0.895. The van der Waals surface area contributed by atoms with Crippen LogP contribution in [0.25, 0.3) is 0 Å². The lowest BCUT2D eigenvalue weighted by atomic mass is 10.1. The summed E-state index contributed by atoms with van der Waals surface area (Å²) < 4.78 is 5.62. The number of fused-ring (bicyclic) bond motifs is 1. The molecule has 1 fully saturated rings. The van der Waals surface area contributed by atoms with E-state index in [2.05, 4.69) is 11.9 Å². The average molecular weight is 290 g/mol. The Hall–Kier alpha value is -1.59. The molecule has 0 radical (unpaired) electrons. The van der Waals surface area contributed by atoms with Crippen LogP contribution in [-0.4, -0.2) is 60.6 Å². The highest BCUT2D eigenvalue weighted by molar-refractivity contribution is 5.77. The largest absolute Gasteiger partial charge is 0.484 e. The Morgan fingerprint density at radius 2 is 2.10 bits per heavy atom. The van der Waals surface area contributed by atoms with Crippen LogP contribution in [-0.2, 0) is 11.2 Å². The van der Waals surface area contributed by atoms with Gasteiger partial charge in [0, 0.05) is 26.2 Å². The number of amides is 1. The number of likely N-dealkylation sites (N-methyl/N-ethyl adjacent to an activating group) is 1. The van der Waals surface area contributed by atoms with Crippen LogP contribution >= 0.6 is 0 Å². The normalized spacial score (nSPS) is 22.2. The molecule has 5 heteroatoms. The molecule has 1 aliphatic heterocycles. The molecule has 0 bridgehead atoms. The zero-order valence-corrected chi connectivity index (χ0v) is 12.4. The Bertz CT molecular complexity index is 524. The zero-order chi connectivity index (χ0) is 14.8. The van der Waals surface area contributed by atoms with Gasteiger partial charge >= 0.3 is 0 Å². The van der Waals surface area contributed by atoms with Crippen molar-refractivity contribution < 1.29 is 14.6 Å². The van der Waals surface area contributed by atoms with Gasteiger partial charge in [-0.05, 0) is 43.1 Å². The average Bonchev–Trinajstić information content (AvgIpc) is 2.86. The van der Waals surface area contributed by atoms with Gasteiger partial charge in [-0.25, -0.2) is 0 Å². The molecule has 1 aromatic rings. The van der Waals surface area contributed by atoms with Crippen molar-refractivity contribution in [3.63, 3.8) is 0 Å². The van der Waals surface area contributed by atoms with E-state index in [0.29, 0.717) is 5.75 Å². The predicted molar refractivity (Wildman–Crippen MR) is 79.3 cm³/mol. The summed E-state index contributed by atoms with van der Waals surface area (Å²) >= 11 is 0. The molecule has 5 nitrogen and oxygen atoms in total. The fourth-order valence-electron chi connectivity index (χ4n) is 2.95. The molecule has 2 aliphatic rings. The summed E-state index contributed by atoms with van der Waals surface area (Å²) in [6, 6.07) is 5.69. The van der Waals surface area contributed by atoms with Gasteiger partial charge in [0.25, 0.3) is 5.91 Å². The molecule has 21 heavy (non-hydrogen) atoms. The molecule has 0 aromatic heterocycles. The first kappa shape index (κ1) is 14.4. The lowest BCUT2D eigenvalue weighted by Gasteiger charge is -2.32. The number of benzene rings is 1. The fourth-order valence-corrected chi connectivity index (χ4v) is 2.95. The molecule has 0 saturated carbocycles.